The molecular weight excluding hydrogens is 960 g/mol. The van der Waals surface area contributed by atoms with E-state index >= 15 is 0 Å². The summed E-state index contributed by atoms with van der Waals surface area (Å²) >= 11 is 28.0. The molecule has 4 aromatic rings. The van der Waals surface area contributed by atoms with Gasteiger partial charge in [0.2, 0.25) is 17.7 Å². The molecule has 3 fully saturated rings. The van der Waals surface area contributed by atoms with Crippen LogP contribution in [-0.4, -0.2) is 147 Å². The van der Waals surface area contributed by atoms with Crippen molar-refractivity contribution in [3.63, 3.8) is 0 Å². The van der Waals surface area contributed by atoms with Crippen LogP contribution < -0.4 is 34.8 Å². The molecule has 3 aliphatic rings. The summed E-state index contributed by atoms with van der Waals surface area (Å²) in [6.07, 6.45) is 1.30. The van der Waals surface area contributed by atoms with Gasteiger partial charge < -0.3 is 39.7 Å². The van der Waals surface area contributed by atoms with E-state index in [4.69, 9.17) is 55.9 Å². The molecule has 0 aliphatic carbocycles. The minimum Gasteiger partial charge on any atom is -0.495 e. The Hall–Kier alpha value is -3.97. The molecule has 21 heteroatoms. The lowest BCUT2D eigenvalue weighted by Crippen LogP contribution is -2.49. The number of amides is 3. The molecule has 16 nitrogen and oxygen atoms in total. The predicted molar refractivity (Wildman–Crippen MR) is 255 cm³/mol. The third kappa shape index (κ3) is 12.9. The van der Waals surface area contributed by atoms with Gasteiger partial charge in [-0.05, 0) is 74.6 Å². The number of anilines is 3. The minimum absolute atomic E-state index is 0.0186. The summed E-state index contributed by atoms with van der Waals surface area (Å²) in [5, 5.41) is 16.9. The zero-order valence-electron chi connectivity index (χ0n) is 36.5. The Morgan fingerprint density at radius 2 is 1.13 bits per heavy atom. The molecule has 0 saturated carbocycles. The van der Waals surface area contributed by atoms with Gasteiger partial charge in [-0.2, -0.15) is 10.2 Å². The van der Waals surface area contributed by atoms with Crippen molar-refractivity contribution < 1.29 is 23.9 Å². The third-order valence-electron chi connectivity index (χ3n) is 11.0. The predicted octanol–water partition coefficient (Wildman–Crippen LogP) is 6.03. The van der Waals surface area contributed by atoms with Crippen molar-refractivity contribution in [2.45, 2.75) is 39.8 Å². The largest absolute Gasteiger partial charge is 0.495 e. The second kappa shape index (κ2) is 23.8. The number of carbonyl (C=O) groups excluding carboxylic acids is 3. The fraction of sp³-hybridized carbons (Fsp3) is 0.500. The molecule has 0 spiro atoms. The lowest BCUT2D eigenvalue weighted by molar-refractivity contribution is -0.133. The Morgan fingerprint density at radius 3 is 1.51 bits per heavy atom. The van der Waals surface area contributed by atoms with E-state index in [9.17, 15) is 14.4 Å². The van der Waals surface area contributed by atoms with Crippen molar-refractivity contribution in [3.05, 3.63) is 72.5 Å². The molecule has 2 aromatic heterocycles. The number of halogens is 5. The van der Waals surface area contributed by atoms with E-state index in [-0.39, 0.29) is 30.8 Å². The van der Waals surface area contributed by atoms with E-state index in [1.807, 2.05) is 74.1 Å². The topological polar surface area (TPSA) is 146 Å². The normalized spacial score (nSPS) is 15.2. The number of rotatable bonds is 12. The smallest absolute Gasteiger partial charge is 0.244 e. The van der Waals surface area contributed by atoms with Crippen molar-refractivity contribution in [3.8, 4) is 11.5 Å². The highest BCUT2D eigenvalue weighted by Crippen LogP contribution is 2.33. The number of hydrogen-bond donors (Lipinski definition) is 2. The summed E-state index contributed by atoms with van der Waals surface area (Å²) < 4.78 is 14.4. The number of carbonyl (C=O) groups is 3. The number of methoxy groups -OCH3 is 2. The van der Waals surface area contributed by atoms with E-state index in [1.54, 1.807) is 28.5 Å². The average molecular weight is 1020 g/mol. The van der Waals surface area contributed by atoms with Gasteiger partial charge in [0.15, 0.2) is 5.82 Å². The van der Waals surface area contributed by atoms with Crippen molar-refractivity contribution >= 4 is 97.2 Å². The van der Waals surface area contributed by atoms with Crippen molar-refractivity contribution in [2.75, 3.05) is 115 Å². The Labute approximate surface area is 397 Å². The Balaban J connectivity index is 0.000000213. The molecule has 0 bridgehead atoms. The summed E-state index contributed by atoms with van der Waals surface area (Å²) in [6.45, 7) is 12.1. The number of likely N-dealkylation sites (N-methyl/N-ethyl adjacent to an activating group) is 2. The van der Waals surface area contributed by atoms with Crippen molar-refractivity contribution in [1.29, 1.82) is 0 Å². The van der Waals surface area contributed by atoms with Crippen LogP contribution in [-0.2, 0) is 27.5 Å². The fourth-order valence-electron chi connectivity index (χ4n) is 7.17. The number of hydrogen-bond acceptors (Lipinski definition) is 11. The number of benzene rings is 2. The third-order valence-corrected chi connectivity index (χ3v) is 13.3. The molecule has 7 rings (SSSR count). The van der Waals surface area contributed by atoms with Crippen LogP contribution >= 0.6 is 62.3 Å². The van der Waals surface area contributed by atoms with Crippen LogP contribution in [0.15, 0.2) is 41.0 Å². The van der Waals surface area contributed by atoms with Crippen LogP contribution in [0.3, 0.4) is 0 Å². The van der Waals surface area contributed by atoms with Crippen LogP contribution in [0.25, 0.3) is 0 Å². The van der Waals surface area contributed by atoms with Gasteiger partial charge in [-0.1, -0.05) is 46.4 Å². The van der Waals surface area contributed by atoms with Crippen LogP contribution in [0.4, 0.5) is 17.2 Å². The monoisotopic (exact) mass is 1010 g/mol. The van der Waals surface area contributed by atoms with Crippen molar-refractivity contribution in [1.82, 2.24) is 40.0 Å². The summed E-state index contributed by atoms with van der Waals surface area (Å²) in [4.78, 5) is 47.2. The second-order valence-corrected chi connectivity index (χ2v) is 17.3. The molecular formula is C42H56BrCl4N11O5. The number of nitrogens with zero attached hydrogens (tertiary/aromatic N) is 9. The van der Waals surface area contributed by atoms with Gasteiger partial charge in [0.1, 0.15) is 34.2 Å². The van der Waals surface area contributed by atoms with Gasteiger partial charge in [0.25, 0.3) is 0 Å². The minimum atomic E-state index is -0.0186. The van der Waals surface area contributed by atoms with E-state index in [0.717, 1.165) is 49.7 Å². The average Bonchev–Trinajstić information content (AvgIpc) is 3.92. The highest BCUT2D eigenvalue weighted by Gasteiger charge is 2.30. The summed E-state index contributed by atoms with van der Waals surface area (Å²) in [7, 11) is 7.08. The second-order valence-electron chi connectivity index (χ2n) is 15.0. The van der Waals surface area contributed by atoms with Gasteiger partial charge in [0, 0.05) is 102 Å². The Morgan fingerprint density at radius 1 is 0.683 bits per heavy atom. The highest BCUT2D eigenvalue weighted by atomic mass is 79.9. The molecule has 3 aliphatic heterocycles. The van der Waals surface area contributed by atoms with Gasteiger partial charge in [-0.15, -0.1) is 0 Å². The molecule has 344 valence electrons. The molecule has 0 unspecified atom stereocenters. The number of nitrogens with one attached hydrogen (secondary N) is 2. The molecule has 2 aromatic carbocycles. The van der Waals surface area contributed by atoms with Crippen LogP contribution in [0.2, 0.25) is 20.1 Å². The molecule has 3 saturated heterocycles. The Kier molecular flexibility index (Phi) is 18.9. The van der Waals surface area contributed by atoms with Gasteiger partial charge >= 0.3 is 0 Å². The van der Waals surface area contributed by atoms with Crippen LogP contribution in [0.5, 0.6) is 11.5 Å². The van der Waals surface area contributed by atoms with Crippen molar-refractivity contribution in [2.24, 2.45) is 0 Å². The highest BCUT2D eigenvalue weighted by molar-refractivity contribution is 9.10. The zero-order valence-corrected chi connectivity index (χ0v) is 41.1. The van der Waals surface area contributed by atoms with Gasteiger partial charge in [0.05, 0.1) is 40.7 Å². The zero-order chi connectivity index (χ0) is 45.8. The quantitative estimate of drug-likeness (QED) is 0.161. The van der Waals surface area contributed by atoms with E-state index in [2.05, 4.69) is 46.6 Å². The first kappa shape index (κ1) is 50.0. The maximum atomic E-state index is 12.9. The first-order valence-corrected chi connectivity index (χ1v) is 22.9. The Bertz CT molecular complexity index is 2190. The van der Waals surface area contributed by atoms with Crippen LogP contribution in [0, 0.1) is 13.8 Å². The van der Waals surface area contributed by atoms with E-state index in [0.29, 0.717) is 99.9 Å². The molecule has 0 atom stereocenters. The van der Waals surface area contributed by atoms with E-state index < -0.39 is 0 Å². The summed E-state index contributed by atoms with van der Waals surface area (Å²) in [5.41, 5.74) is 3.52. The first-order valence-electron chi connectivity index (χ1n) is 20.6. The maximum absolute atomic E-state index is 12.9. The summed E-state index contributed by atoms with van der Waals surface area (Å²) in [5.74, 6) is 1.78. The van der Waals surface area contributed by atoms with Gasteiger partial charge in [-0.25, -0.2) is 0 Å². The number of ether oxygens (including phenoxy) is 2. The standard InChI is InChI=1S/C21H25Cl2N5O3.C17H19BrCl2N4O2.C4H12N2/c1-14-20(23)21(27-7-3-4-18(27)29)24-28(14)13-19(30)26-10-8-25(9-11-26)15-5-6-16(22)17(12-15)31-2;1-11-16(20)17(18)21-24(11)10-15(25)23-7-5-22(6-8-23)12-3-4-13(19)14(9-12)26-2;1-5-3-4-6-2/h5-6,12H,3-4,7-11,13H2,1-2H3;3-4,9H,5-8,10H2,1-2H3;5-6H,3-4H2,1-2H3. The van der Waals surface area contributed by atoms with E-state index in [1.165, 1.54) is 0 Å². The van der Waals surface area contributed by atoms with Crippen LogP contribution in [0.1, 0.15) is 24.2 Å². The fourth-order valence-corrected chi connectivity index (χ4v) is 8.41. The lowest BCUT2D eigenvalue weighted by atomic mass is 10.2. The number of aromatic nitrogens is 4. The lowest BCUT2D eigenvalue weighted by Gasteiger charge is -2.36. The molecule has 3 amide bonds. The SMILES string of the molecule is CNCCNC.COc1cc(N2CCN(C(=O)Cn3nc(Br)c(Cl)c3C)CC2)ccc1Cl.COc1cc(N2CCN(C(=O)Cn3nc(N4CCCC4=O)c(Cl)c3C)CC2)ccc1Cl. The molecule has 5 heterocycles. The molecule has 63 heavy (non-hydrogen) atoms. The molecule has 0 radical (unpaired) electrons. The molecule has 2 N–H and O–H groups in total. The first-order chi connectivity index (χ1) is 30.2. The number of piperazine rings is 2. The van der Waals surface area contributed by atoms with Gasteiger partial charge in [-0.3, -0.25) is 28.6 Å². The summed E-state index contributed by atoms with van der Waals surface area (Å²) in [6, 6.07) is 11.4. The maximum Gasteiger partial charge on any atom is 0.244 e.